The average molecular weight is 222 g/mol. The number of aromatic nitrogens is 1. The first kappa shape index (κ1) is 12.6. The molecular weight excluding hydrogens is 204 g/mol. The van der Waals surface area contributed by atoms with E-state index in [1.807, 2.05) is 31.0 Å². The molecule has 1 heterocycles. The van der Waals surface area contributed by atoms with E-state index in [-0.39, 0.29) is 5.97 Å². The third-order valence-electron chi connectivity index (χ3n) is 2.24. The fourth-order valence-electron chi connectivity index (χ4n) is 1.38. The molecule has 0 saturated heterocycles. The van der Waals surface area contributed by atoms with E-state index in [0.29, 0.717) is 13.2 Å². The van der Waals surface area contributed by atoms with Crippen molar-refractivity contribution in [3.05, 3.63) is 30.1 Å². The summed E-state index contributed by atoms with van der Waals surface area (Å²) in [5.74, 6) is -0.167. The minimum atomic E-state index is -0.167. The van der Waals surface area contributed by atoms with Crippen LogP contribution in [0.2, 0.25) is 0 Å². The van der Waals surface area contributed by atoms with Gasteiger partial charge in [0.15, 0.2) is 0 Å². The highest BCUT2D eigenvalue weighted by Gasteiger charge is 2.06. The van der Waals surface area contributed by atoms with Gasteiger partial charge in [-0.15, -0.1) is 0 Å². The van der Waals surface area contributed by atoms with Crippen LogP contribution in [0.3, 0.4) is 0 Å². The number of likely N-dealkylation sites (N-methyl/N-ethyl adjacent to an activating group) is 1. The van der Waals surface area contributed by atoms with Gasteiger partial charge in [0, 0.05) is 18.9 Å². The fourth-order valence-corrected chi connectivity index (χ4v) is 1.38. The Kier molecular flexibility index (Phi) is 5.50. The number of nitrogens with zero attached hydrogens (tertiary/aromatic N) is 2. The number of rotatable bonds is 6. The van der Waals surface area contributed by atoms with Gasteiger partial charge in [0.25, 0.3) is 0 Å². The van der Waals surface area contributed by atoms with E-state index < -0.39 is 0 Å². The Hall–Kier alpha value is -1.42. The second-order valence-corrected chi connectivity index (χ2v) is 3.65. The summed E-state index contributed by atoms with van der Waals surface area (Å²) in [5.41, 5.74) is 1.23. The lowest BCUT2D eigenvalue weighted by atomic mass is 10.2. The second kappa shape index (κ2) is 6.95. The van der Waals surface area contributed by atoms with Crippen LogP contribution in [0, 0.1) is 0 Å². The number of pyridine rings is 1. The third kappa shape index (κ3) is 4.89. The quantitative estimate of drug-likeness (QED) is 0.676. The van der Waals surface area contributed by atoms with Crippen LogP contribution in [0.4, 0.5) is 0 Å². The zero-order chi connectivity index (χ0) is 11.8. The van der Waals surface area contributed by atoms with Crippen LogP contribution in [0.25, 0.3) is 0 Å². The summed E-state index contributed by atoms with van der Waals surface area (Å²) in [6, 6.07) is 3.97. The molecule has 88 valence electrons. The number of carbonyl (C=O) groups is 1. The van der Waals surface area contributed by atoms with Crippen LogP contribution in [0.15, 0.2) is 24.5 Å². The first-order chi connectivity index (χ1) is 7.72. The lowest BCUT2D eigenvalue weighted by Gasteiger charge is -2.15. The maximum atomic E-state index is 11.2. The van der Waals surface area contributed by atoms with E-state index >= 15 is 0 Å². The zero-order valence-electron chi connectivity index (χ0n) is 9.85. The lowest BCUT2D eigenvalue weighted by Crippen LogP contribution is -2.29. The fraction of sp³-hybridized carbons (Fsp3) is 0.500. The highest BCUT2D eigenvalue weighted by atomic mass is 16.5. The molecule has 0 aliphatic carbocycles. The molecule has 0 aliphatic rings. The van der Waals surface area contributed by atoms with Crippen LogP contribution in [0.5, 0.6) is 0 Å². The average Bonchev–Trinajstić information content (AvgIpc) is 2.28. The molecule has 0 fully saturated rings. The van der Waals surface area contributed by atoms with Crippen molar-refractivity contribution in [1.82, 2.24) is 9.88 Å². The third-order valence-corrected chi connectivity index (χ3v) is 2.24. The minimum Gasteiger partial charge on any atom is -0.465 e. The molecule has 0 atom stereocenters. The highest BCUT2D eigenvalue weighted by molar-refractivity contribution is 5.71. The summed E-state index contributed by atoms with van der Waals surface area (Å²) in [5, 5.41) is 0. The van der Waals surface area contributed by atoms with Gasteiger partial charge in [-0.2, -0.15) is 0 Å². The molecule has 1 aromatic rings. The Balaban J connectivity index is 2.25. The Morgan fingerprint density at radius 3 is 2.75 bits per heavy atom. The van der Waals surface area contributed by atoms with Crippen molar-refractivity contribution in [2.75, 3.05) is 26.7 Å². The number of esters is 1. The van der Waals surface area contributed by atoms with Crippen LogP contribution in [-0.2, 0) is 16.0 Å². The summed E-state index contributed by atoms with van der Waals surface area (Å²) in [6.45, 7) is 3.44. The molecule has 1 aromatic heterocycles. The Morgan fingerprint density at radius 2 is 2.12 bits per heavy atom. The molecule has 0 radical (unpaired) electrons. The van der Waals surface area contributed by atoms with Gasteiger partial charge in [-0.1, -0.05) is 0 Å². The van der Waals surface area contributed by atoms with Gasteiger partial charge >= 0.3 is 5.97 Å². The molecule has 0 N–H and O–H groups in total. The van der Waals surface area contributed by atoms with Gasteiger partial charge in [-0.3, -0.25) is 14.7 Å². The topological polar surface area (TPSA) is 42.4 Å². The number of hydrogen-bond donors (Lipinski definition) is 0. The van der Waals surface area contributed by atoms with Gasteiger partial charge in [0.2, 0.25) is 0 Å². The van der Waals surface area contributed by atoms with Crippen molar-refractivity contribution < 1.29 is 9.53 Å². The number of hydrogen-bond acceptors (Lipinski definition) is 4. The van der Waals surface area contributed by atoms with Crippen LogP contribution in [-0.4, -0.2) is 42.6 Å². The zero-order valence-corrected chi connectivity index (χ0v) is 9.85. The van der Waals surface area contributed by atoms with Crippen molar-refractivity contribution in [1.29, 1.82) is 0 Å². The Labute approximate surface area is 96.2 Å². The van der Waals surface area contributed by atoms with E-state index in [1.54, 1.807) is 12.4 Å². The first-order valence-electron chi connectivity index (χ1n) is 5.45. The van der Waals surface area contributed by atoms with Crippen LogP contribution < -0.4 is 0 Å². The molecule has 4 nitrogen and oxygen atoms in total. The molecule has 0 spiro atoms. The molecule has 0 saturated carbocycles. The summed E-state index contributed by atoms with van der Waals surface area (Å²) in [6.07, 6.45) is 4.47. The molecular formula is C12H18N2O2. The van der Waals surface area contributed by atoms with Gasteiger partial charge in [0.05, 0.1) is 13.2 Å². The number of carbonyl (C=O) groups excluding carboxylic acids is 1. The molecule has 0 unspecified atom stereocenters. The maximum Gasteiger partial charge on any atom is 0.320 e. The Morgan fingerprint density at radius 1 is 1.44 bits per heavy atom. The highest BCUT2D eigenvalue weighted by Crippen LogP contribution is 1.98. The number of ether oxygens (including phenoxy) is 1. The normalized spacial score (nSPS) is 10.4. The lowest BCUT2D eigenvalue weighted by molar-refractivity contribution is -0.144. The van der Waals surface area contributed by atoms with Gasteiger partial charge in [-0.25, -0.2) is 0 Å². The second-order valence-electron chi connectivity index (χ2n) is 3.65. The summed E-state index contributed by atoms with van der Waals surface area (Å²) >= 11 is 0. The molecule has 4 heteroatoms. The Bertz CT molecular complexity index is 314. The van der Waals surface area contributed by atoms with Gasteiger partial charge < -0.3 is 4.74 Å². The predicted molar refractivity (Wildman–Crippen MR) is 62.1 cm³/mol. The van der Waals surface area contributed by atoms with E-state index in [1.165, 1.54) is 5.56 Å². The summed E-state index contributed by atoms with van der Waals surface area (Å²) in [7, 11) is 1.91. The first-order valence-corrected chi connectivity index (χ1v) is 5.45. The summed E-state index contributed by atoms with van der Waals surface area (Å²) in [4.78, 5) is 17.1. The minimum absolute atomic E-state index is 0.167. The molecule has 0 aliphatic heterocycles. The standard InChI is InChI=1S/C12H18N2O2/c1-3-16-12(15)10-14(2)9-6-11-4-7-13-8-5-11/h4-5,7-8H,3,6,9-10H2,1-2H3. The van der Waals surface area contributed by atoms with Crippen molar-refractivity contribution in [3.8, 4) is 0 Å². The van der Waals surface area contributed by atoms with Crippen molar-refractivity contribution in [2.45, 2.75) is 13.3 Å². The molecule has 0 aromatic carbocycles. The van der Waals surface area contributed by atoms with Crippen molar-refractivity contribution in [2.24, 2.45) is 0 Å². The molecule has 1 rings (SSSR count). The summed E-state index contributed by atoms with van der Waals surface area (Å²) < 4.78 is 4.87. The predicted octanol–water partition coefficient (Wildman–Crippen LogP) is 1.12. The SMILES string of the molecule is CCOC(=O)CN(C)CCc1ccncc1. The van der Waals surface area contributed by atoms with Crippen molar-refractivity contribution in [3.63, 3.8) is 0 Å². The molecule has 16 heavy (non-hydrogen) atoms. The van der Waals surface area contributed by atoms with E-state index in [0.717, 1.165) is 13.0 Å². The largest absolute Gasteiger partial charge is 0.465 e. The van der Waals surface area contributed by atoms with Crippen LogP contribution >= 0.6 is 0 Å². The molecule has 0 bridgehead atoms. The molecule has 0 amide bonds. The monoisotopic (exact) mass is 222 g/mol. The van der Waals surface area contributed by atoms with Crippen molar-refractivity contribution >= 4 is 5.97 Å². The smallest absolute Gasteiger partial charge is 0.320 e. The maximum absolute atomic E-state index is 11.2. The van der Waals surface area contributed by atoms with Gasteiger partial charge in [0.1, 0.15) is 0 Å². The van der Waals surface area contributed by atoms with E-state index in [2.05, 4.69) is 4.98 Å². The van der Waals surface area contributed by atoms with Gasteiger partial charge in [-0.05, 0) is 38.1 Å². The van der Waals surface area contributed by atoms with E-state index in [4.69, 9.17) is 4.74 Å². The van der Waals surface area contributed by atoms with E-state index in [9.17, 15) is 4.79 Å². The van der Waals surface area contributed by atoms with Crippen LogP contribution in [0.1, 0.15) is 12.5 Å².